The molecule has 4 nitrogen and oxygen atoms in total. The van der Waals surface area contributed by atoms with Gasteiger partial charge in [-0.1, -0.05) is 47.1 Å². The maximum Gasteiger partial charge on any atom is 0.345 e. The van der Waals surface area contributed by atoms with E-state index in [2.05, 4.69) is 5.16 Å². The second-order valence-corrected chi connectivity index (χ2v) is 6.33. The minimum atomic E-state index is -0.564. The van der Waals surface area contributed by atoms with Crippen LogP contribution in [0, 0.1) is 5.82 Å². The highest BCUT2D eigenvalue weighted by molar-refractivity contribution is 6.33. The molecule has 0 amide bonds. The van der Waals surface area contributed by atoms with Crippen molar-refractivity contribution >= 4 is 28.5 Å². The van der Waals surface area contributed by atoms with Gasteiger partial charge < -0.3 is 9.26 Å². The molecule has 1 aromatic heterocycles. The summed E-state index contributed by atoms with van der Waals surface area (Å²) in [6.45, 7) is 0. The van der Waals surface area contributed by atoms with Crippen molar-refractivity contribution in [2.24, 2.45) is 0 Å². The number of benzene rings is 3. The molecule has 4 rings (SSSR count). The van der Waals surface area contributed by atoms with Crippen LogP contribution in [0.4, 0.5) is 4.39 Å². The normalized spacial score (nSPS) is 10.9. The molecule has 0 N–H and O–H groups in total. The van der Waals surface area contributed by atoms with Gasteiger partial charge in [-0.05, 0) is 35.9 Å². The van der Waals surface area contributed by atoms with Crippen molar-refractivity contribution in [3.05, 3.63) is 94.4 Å². The first-order valence-corrected chi connectivity index (χ1v) is 8.58. The van der Waals surface area contributed by atoms with Crippen LogP contribution < -0.4 is 4.74 Å². The van der Waals surface area contributed by atoms with Gasteiger partial charge in [0.05, 0.1) is 16.3 Å². The number of aromatic nitrogens is 1. The molecule has 0 saturated carbocycles. The number of hydrogen-bond donors (Lipinski definition) is 0. The highest BCUT2D eigenvalue weighted by Crippen LogP contribution is 2.27. The second kappa shape index (κ2) is 7.21. The molecule has 0 atom stereocenters. The largest absolute Gasteiger partial charge is 0.423 e. The van der Waals surface area contributed by atoms with E-state index in [-0.39, 0.29) is 11.4 Å². The summed E-state index contributed by atoms with van der Waals surface area (Å²) >= 11 is 6.01. The second-order valence-electron chi connectivity index (χ2n) is 5.92. The lowest BCUT2D eigenvalue weighted by Crippen LogP contribution is -2.08. The van der Waals surface area contributed by atoms with Gasteiger partial charge in [-0.3, -0.25) is 0 Å². The number of nitrogens with zero attached hydrogens (tertiary/aromatic N) is 1. The van der Waals surface area contributed by atoms with E-state index in [4.69, 9.17) is 20.9 Å². The van der Waals surface area contributed by atoms with Gasteiger partial charge in [0.1, 0.15) is 11.6 Å². The molecule has 0 bridgehead atoms. The quantitative estimate of drug-likeness (QED) is 0.349. The first-order valence-electron chi connectivity index (χ1n) is 8.20. The zero-order valence-electron chi connectivity index (χ0n) is 14.0. The van der Waals surface area contributed by atoms with Gasteiger partial charge in [-0.25, -0.2) is 9.18 Å². The molecule has 27 heavy (non-hydrogen) atoms. The Bertz CT molecular complexity index is 1140. The lowest BCUT2D eigenvalue weighted by molar-refractivity contribution is 0.0735. The minimum absolute atomic E-state index is 0.275. The van der Waals surface area contributed by atoms with E-state index in [9.17, 15) is 9.18 Å². The third-order valence-corrected chi connectivity index (χ3v) is 4.47. The number of esters is 1. The number of fused-ring (bicyclic) bond motifs is 1. The van der Waals surface area contributed by atoms with Crippen molar-refractivity contribution in [3.63, 3.8) is 0 Å². The third-order valence-electron chi connectivity index (χ3n) is 4.14. The molecule has 3 aromatic carbocycles. The van der Waals surface area contributed by atoms with Crippen LogP contribution in [-0.2, 0) is 6.42 Å². The Morgan fingerprint density at radius 2 is 1.85 bits per heavy atom. The standard InChI is InChI=1S/C21H13ClFNO3/c22-17-7-3-2-6-15(17)21(25)26-14-9-10-16-19(24-27-20(16)12-14)11-13-5-1-4-8-18(13)23/h1-10,12H,11H2. The molecule has 4 aromatic rings. The molecule has 6 heteroatoms. The zero-order valence-corrected chi connectivity index (χ0v) is 14.7. The third kappa shape index (κ3) is 3.55. The average Bonchev–Trinajstić information content (AvgIpc) is 3.06. The number of ether oxygens (including phenoxy) is 1. The van der Waals surface area contributed by atoms with Crippen LogP contribution in [0.5, 0.6) is 5.75 Å². The van der Waals surface area contributed by atoms with Crippen LogP contribution in [0.15, 0.2) is 71.3 Å². The summed E-state index contributed by atoms with van der Waals surface area (Å²) in [5.41, 5.74) is 1.86. The van der Waals surface area contributed by atoms with Crippen molar-refractivity contribution < 1.29 is 18.4 Å². The Morgan fingerprint density at radius 1 is 1.07 bits per heavy atom. The number of halogens is 2. The number of carbonyl (C=O) groups is 1. The minimum Gasteiger partial charge on any atom is -0.423 e. The fourth-order valence-corrected chi connectivity index (χ4v) is 2.98. The monoisotopic (exact) mass is 381 g/mol. The lowest BCUT2D eigenvalue weighted by Gasteiger charge is -2.05. The summed E-state index contributed by atoms with van der Waals surface area (Å²) in [5, 5.41) is 5.07. The van der Waals surface area contributed by atoms with Gasteiger partial charge in [0.15, 0.2) is 5.58 Å². The van der Waals surface area contributed by atoms with Gasteiger partial charge >= 0.3 is 5.97 Å². The number of hydrogen-bond acceptors (Lipinski definition) is 4. The van der Waals surface area contributed by atoms with E-state index >= 15 is 0 Å². The molecule has 0 saturated heterocycles. The van der Waals surface area contributed by atoms with E-state index in [1.54, 1.807) is 60.7 Å². The first kappa shape index (κ1) is 17.2. The average molecular weight is 382 g/mol. The Kier molecular flexibility index (Phi) is 4.60. The molecule has 0 radical (unpaired) electrons. The van der Waals surface area contributed by atoms with Crippen molar-refractivity contribution in [2.45, 2.75) is 6.42 Å². The maximum atomic E-state index is 13.9. The molecule has 0 aliphatic carbocycles. The van der Waals surface area contributed by atoms with Crippen LogP contribution >= 0.6 is 11.6 Å². The number of carbonyl (C=O) groups excluding carboxylic acids is 1. The van der Waals surface area contributed by atoms with Gasteiger partial charge in [0.25, 0.3) is 0 Å². The van der Waals surface area contributed by atoms with E-state index < -0.39 is 5.97 Å². The Morgan fingerprint density at radius 3 is 2.67 bits per heavy atom. The Balaban J connectivity index is 1.58. The summed E-state index contributed by atoms with van der Waals surface area (Å²) in [6, 6.07) is 18.1. The molecule has 0 spiro atoms. The fourth-order valence-electron chi connectivity index (χ4n) is 2.77. The highest BCUT2D eigenvalue weighted by atomic mass is 35.5. The molecular weight excluding hydrogens is 369 g/mol. The van der Waals surface area contributed by atoms with Crippen LogP contribution in [0.25, 0.3) is 11.0 Å². The van der Waals surface area contributed by atoms with Gasteiger partial charge in [-0.2, -0.15) is 0 Å². The highest BCUT2D eigenvalue weighted by Gasteiger charge is 2.15. The van der Waals surface area contributed by atoms with Gasteiger partial charge in [-0.15, -0.1) is 0 Å². The van der Waals surface area contributed by atoms with Crippen LogP contribution in [-0.4, -0.2) is 11.1 Å². The summed E-state index contributed by atoms with van der Waals surface area (Å²) in [7, 11) is 0. The van der Waals surface area contributed by atoms with E-state index in [0.29, 0.717) is 34.0 Å². The zero-order chi connectivity index (χ0) is 18.8. The predicted octanol–water partition coefficient (Wildman–Crippen LogP) is 5.43. The van der Waals surface area contributed by atoms with Crippen molar-refractivity contribution in [2.75, 3.05) is 0 Å². The molecule has 0 fully saturated rings. The molecular formula is C21H13ClFNO3. The van der Waals surface area contributed by atoms with E-state index in [1.807, 2.05) is 0 Å². The van der Waals surface area contributed by atoms with E-state index in [0.717, 1.165) is 5.39 Å². The smallest absolute Gasteiger partial charge is 0.345 e. The van der Waals surface area contributed by atoms with Crippen LogP contribution in [0.2, 0.25) is 5.02 Å². The SMILES string of the molecule is O=C(Oc1ccc2c(Cc3ccccc3F)noc2c1)c1ccccc1Cl. The van der Waals surface area contributed by atoms with Gasteiger partial charge in [0, 0.05) is 17.9 Å². The van der Waals surface area contributed by atoms with Crippen LogP contribution in [0.1, 0.15) is 21.6 Å². The summed E-state index contributed by atoms with van der Waals surface area (Å²) < 4.78 is 24.5. The molecule has 0 unspecified atom stereocenters. The lowest BCUT2D eigenvalue weighted by atomic mass is 10.1. The van der Waals surface area contributed by atoms with Crippen molar-refractivity contribution in [1.82, 2.24) is 5.16 Å². The van der Waals surface area contributed by atoms with Crippen molar-refractivity contribution in [3.8, 4) is 5.75 Å². The predicted molar refractivity (Wildman–Crippen MR) is 99.6 cm³/mol. The first-order chi connectivity index (χ1) is 13.1. The van der Waals surface area contributed by atoms with Gasteiger partial charge in [0.2, 0.25) is 0 Å². The Hall–Kier alpha value is -3.18. The number of rotatable bonds is 4. The molecule has 134 valence electrons. The Labute approximate surface area is 159 Å². The fraction of sp³-hybridized carbons (Fsp3) is 0.0476. The van der Waals surface area contributed by atoms with E-state index in [1.165, 1.54) is 6.07 Å². The molecule has 0 aliphatic heterocycles. The van der Waals surface area contributed by atoms with Crippen LogP contribution in [0.3, 0.4) is 0 Å². The summed E-state index contributed by atoms with van der Waals surface area (Å²) in [5.74, 6) is -0.550. The maximum absolute atomic E-state index is 13.9. The summed E-state index contributed by atoms with van der Waals surface area (Å²) in [6.07, 6.45) is 0.304. The summed E-state index contributed by atoms with van der Waals surface area (Å²) in [4.78, 5) is 12.3. The topological polar surface area (TPSA) is 52.3 Å². The van der Waals surface area contributed by atoms with Crippen molar-refractivity contribution in [1.29, 1.82) is 0 Å². The molecule has 1 heterocycles. The molecule has 0 aliphatic rings.